The number of amides is 1. The van der Waals surface area contributed by atoms with Crippen molar-refractivity contribution >= 4 is 11.6 Å². The van der Waals surface area contributed by atoms with Crippen LogP contribution in [0.4, 0.5) is 5.69 Å². The fraction of sp³-hybridized carbons (Fsp3) is 0.174. The van der Waals surface area contributed by atoms with E-state index in [1.54, 1.807) is 4.90 Å². The summed E-state index contributed by atoms with van der Waals surface area (Å²) in [7, 11) is 1.87. The van der Waals surface area contributed by atoms with Crippen molar-refractivity contribution in [3.63, 3.8) is 0 Å². The molecule has 1 unspecified atom stereocenters. The van der Waals surface area contributed by atoms with E-state index < -0.39 is 5.41 Å². The SMILES string of the molecule is Cc1ccc(C2(c3ccccc3)C(=O)N(C)c3ccccc32)cc1C. The number of hydrogen-bond donors (Lipinski definition) is 0. The average molecular weight is 327 g/mol. The van der Waals surface area contributed by atoms with Gasteiger partial charge in [0.05, 0.1) is 0 Å². The van der Waals surface area contributed by atoms with E-state index in [4.69, 9.17) is 0 Å². The van der Waals surface area contributed by atoms with Crippen LogP contribution in [0.1, 0.15) is 27.8 Å². The van der Waals surface area contributed by atoms with Crippen molar-refractivity contribution < 1.29 is 4.79 Å². The van der Waals surface area contributed by atoms with E-state index in [0.29, 0.717) is 0 Å². The Labute approximate surface area is 148 Å². The van der Waals surface area contributed by atoms with E-state index in [2.05, 4.69) is 50.2 Å². The van der Waals surface area contributed by atoms with Gasteiger partial charge in [-0.2, -0.15) is 0 Å². The maximum atomic E-state index is 13.6. The molecular formula is C23H21NO. The molecule has 1 aliphatic rings. The third-order valence-electron chi connectivity index (χ3n) is 5.44. The minimum absolute atomic E-state index is 0.100. The summed E-state index contributed by atoms with van der Waals surface area (Å²) in [6.45, 7) is 4.21. The van der Waals surface area contributed by atoms with Gasteiger partial charge in [0.2, 0.25) is 5.91 Å². The first-order valence-electron chi connectivity index (χ1n) is 8.57. The lowest BCUT2D eigenvalue weighted by Gasteiger charge is -2.30. The standard InChI is InChI=1S/C23H21NO/c1-16-13-14-19(15-17(16)2)23(18-9-5-4-6-10-18)20-11-7-8-12-21(20)24(3)22(23)25/h4-15H,1-3H3. The molecule has 3 aromatic carbocycles. The number of benzene rings is 3. The molecule has 124 valence electrons. The Morgan fingerprint density at radius 2 is 1.44 bits per heavy atom. The second-order valence-electron chi connectivity index (χ2n) is 6.80. The normalized spacial score (nSPS) is 19.2. The third-order valence-corrected chi connectivity index (χ3v) is 5.44. The number of carbonyl (C=O) groups excluding carboxylic acids is 1. The van der Waals surface area contributed by atoms with Gasteiger partial charge >= 0.3 is 0 Å². The Kier molecular flexibility index (Phi) is 3.50. The van der Waals surface area contributed by atoms with E-state index >= 15 is 0 Å². The second kappa shape index (κ2) is 5.59. The number of nitrogens with zero attached hydrogens (tertiary/aromatic N) is 1. The smallest absolute Gasteiger partial charge is 0.246 e. The molecule has 0 N–H and O–H groups in total. The molecule has 0 spiro atoms. The lowest BCUT2D eigenvalue weighted by molar-refractivity contribution is -0.120. The van der Waals surface area contributed by atoms with E-state index in [9.17, 15) is 4.79 Å². The highest BCUT2D eigenvalue weighted by molar-refractivity contribution is 6.12. The van der Waals surface area contributed by atoms with Crippen molar-refractivity contribution in [1.82, 2.24) is 0 Å². The molecule has 3 aromatic rings. The lowest BCUT2D eigenvalue weighted by Crippen LogP contribution is -2.40. The van der Waals surface area contributed by atoms with E-state index in [-0.39, 0.29) is 5.91 Å². The van der Waals surface area contributed by atoms with Crippen LogP contribution in [0, 0.1) is 13.8 Å². The maximum Gasteiger partial charge on any atom is 0.246 e. The molecule has 0 fully saturated rings. The second-order valence-corrected chi connectivity index (χ2v) is 6.80. The highest BCUT2D eigenvalue weighted by atomic mass is 16.2. The number of para-hydroxylation sites is 1. The molecule has 2 heteroatoms. The highest BCUT2D eigenvalue weighted by Gasteiger charge is 2.52. The van der Waals surface area contributed by atoms with Crippen LogP contribution in [-0.4, -0.2) is 13.0 Å². The van der Waals surface area contributed by atoms with Gasteiger partial charge < -0.3 is 4.90 Å². The summed E-state index contributed by atoms with van der Waals surface area (Å²) >= 11 is 0. The summed E-state index contributed by atoms with van der Waals surface area (Å²) in [5.41, 5.74) is 5.73. The highest BCUT2D eigenvalue weighted by Crippen LogP contribution is 2.49. The monoisotopic (exact) mass is 327 g/mol. The molecule has 4 rings (SSSR count). The van der Waals surface area contributed by atoms with E-state index in [1.165, 1.54) is 11.1 Å². The van der Waals surface area contributed by atoms with Crippen LogP contribution < -0.4 is 4.90 Å². The van der Waals surface area contributed by atoms with Crippen molar-refractivity contribution in [1.29, 1.82) is 0 Å². The minimum atomic E-state index is -0.787. The summed E-state index contributed by atoms with van der Waals surface area (Å²) < 4.78 is 0. The summed E-state index contributed by atoms with van der Waals surface area (Å²) in [5.74, 6) is 0.100. The zero-order valence-corrected chi connectivity index (χ0v) is 14.8. The number of rotatable bonds is 2. The molecule has 0 radical (unpaired) electrons. The van der Waals surface area contributed by atoms with Crippen LogP contribution in [0.15, 0.2) is 72.8 Å². The first-order chi connectivity index (χ1) is 12.1. The fourth-order valence-electron chi connectivity index (χ4n) is 3.95. The van der Waals surface area contributed by atoms with Gasteiger partial charge in [0.25, 0.3) is 0 Å². The van der Waals surface area contributed by atoms with Crippen molar-refractivity contribution in [3.8, 4) is 0 Å². The van der Waals surface area contributed by atoms with E-state index in [1.807, 2.05) is 43.4 Å². The van der Waals surface area contributed by atoms with Gasteiger partial charge in [-0.1, -0.05) is 66.7 Å². The quantitative estimate of drug-likeness (QED) is 0.673. The molecule has 0 aromatic heterocycles. The number of aryl methyl sites for hydroxylation is 2. The predicted octanol–water partition coefficient (Wildman–Crippen LogP) is 4.61. The van der Waals surface area contributed by atoms with Crippen LogP contribution in [0.2, 0.25) is 0 Å². The zero-order chi connectivity index (χ0) is 17.6. The molecule has 0 bridgehead atoms. The number of hydrogen-bond acceptors (Lipinski definition) is 1. The van der Waals surface area contributed by atoms with Gasteiger partial charge in [0.15, 0.2) is 0 Å². The zero-order valence-electron chi connectivity index (χ0n) is 14.8. The van der Waals surface area contributed by atoms with Crippen molar-refractivity contribution in [2.75, 3.05) is 11.9 Å². The summed E-state index contributed by atoms with van der Waals surface area (Å²) in [4.78, 5) is 15.4. The Hall–Kier alpha value is -2.87. The molecule has 0 saturated carbocycles. The lowest BCUT2D eigenvalue weighted by atomic mass is 9.70. The largest absolute Gasteiger partial charge is 0.314 e. The molecule has 1 amide bonds. The van der Waals surface area contributed by atoms with Gasteiger partial charge in [-0.25, -0.2) is 0 Å². The molecule has 0 aliphatic carbocycles. The molecule has 1 heterocycles. The van der Waals surface area contributed by atoms with Crippen molar-refractivity contribution in [2.45, 2.75) is 19.3 Å². The molecule has 1 atom stereocenters. The summed E-state index contributed by atoms with van der Waals surface area (Å²) in [5, 5.41) is 0. The summed E-state index contributed by atoms with van der Waals surface area (Å²) in [6, 6.07) is 24.6. The van der Waals surface area contributed by atoms with Crippen LogP contribution in [0.5, 0.6) is 0 Å². The molecule has 2 nitrogen and oxygen atoms in total. The first kappa shape index (κ1) is 15.6. The maximum absolute atomic E-state index is 13.6. The fourth-order valence-corrected chi connectivity index (χ4v) is 3.95. The molecule has 25 heavy (non-hydrogen) atoms. The van der Waals surface area contributed by atoms with Crippen LogP contribution in [0.25, 0.3) is 0 Å². The summed E-state index contributed by atoms with van der Waals surface area (Å²) in [6.07, 6.45) is 0. The molecular weight excluding hydrogens is 306 g/mol. The number of carbonyl (C=O) groups is 1. The van der Waals surface area contributed by atoms with Gasteiger partial charge in [-0.3, -0.25) is 4.79 Å². The minimum Gasteiger partial charge on any atom is -0.314 e. The van der Waals surface area contributed by atoms with Crippen molar-refractivity contribution in [3.05, 3.63) is 101 Å². The Bertz CT molecular complexity index is 961. The van der Waals surface area contributed by atoms with Crippen molar-refractivity contribution in [2.24, 2.45) is 0 Å². The van der Waals surface area contributed by atoms with E-state index in [0.717, 1.165) is 22.4 Å². The number of fused-ring (bicyclic) bond motifs is 1. The number of likely N-dealkylation sites (N-methyl/N-ethyl adjacent to an activating group) is 1. The van der Waals surface area contributed by atoms with Gasteiger partial charge in [0, 0.05) is 18.3 Å². The topological polar surface area (TPSA) is 20.3 Å². The van der Waals surface area contributed by atoms with Gasteiger partial charge in [0.1, 0.15) is 5.41 Å². The Morgan fingerprint density at radius 3 is 2.16 bits per heavy atom. The Morgan fingerprint density at radius 1 is 0.760 bits per heavy atom. The Balaban J connectivity index is 2.11. The van der Waals surface area contributed by atoms with Gasteiger partial charge in [-0.15, -0.1) is 0 Å². The first-order valence-corrected chi connectivity index (χ1v) is 8.57. The van der Waals surface area contributed by atoms with Gasteiger partial charge in [-0.05, 0) is 42.2 Å². The average Bonchev–Trinajstić information content (AvgIpc) is 2.87. The predicted molar refractivity (Wildman–Crippen MR) is 102 cm³/mol. The third kappa shape index (κ3) is 2.07. The number of anilines is 1. The molecule has 1 aliphatic heterocycles. The molecule has 0 saturated heterocycles. The van der Waals surface area contributed by atoms with Crippen LogP contribution in [0.3, 0.4) is 0 Å². The van der Waals surface area contributed by atoms with Crippen LogP contribution >= 0.6 is 0 Å². The van der Waals surface area contributed by atoms with Crippen LogP contribution in [-0.2, 0) is 10.2 Å².